The molecule has 0 saturated heterocycles. The van der Waals surface area contributed by atoms with Gasteiger partial charge in [-0.05, 0) is 29.8 Å². The first-order chi connectivity index (χ1) is 8.20. The van der Waals surface area contributed by atoms with Gasteiger partial charge in [-0.2, -0.15) is 0 Å². The molecule has 0 fully saturated rings. The van der Waals surface area contributed by atoms with Crippen molar-refractivity contribution in [3.05, 3.63) is 52.9 Å². The van der Waals surface area contributed by atoms with Crippen LogP contribution >= 0.6 is 11.6 Å². The second-order valence-electron chi connectivity index (χ2n) is 3.88. The van der Waals surface area contributed by atoms with E-state index in [1.807, 2.05) is 36.2 Å². The van der Waals surface area contributed by atoms with Crippen LogP contribution in [0, 0.1) is 0 Å². The lowest BCUT2D eigenvalue weighted by Crippen LogP contribution is -2.16. The van der Waals surface area contributed by atoms with Gasteiger partial charge in [0.2, 0.25) is 0 Å². The summed E-state index contributed by atoms with van der Waals surface area (Å²) in [5, 5.41) is 9.64. The fraction of sp³-hybridized carbons (Fsp3) is 0.231. The van der Waals surface area contributed by atoms with Crippen molar-refractivity contribution in [1.82, 2.24) is 0 Å². The summed E-state index contributed by atoms with van der Waals surface area (Å²) in [4.78, 5) is 2.00. The summed E-state index contributed by atoms with van der Waals surface area (Å²) in [6, 6.07) is 9.32. The molecular formula is C13H14ClNO2. The number of aliphatic hydroxyl groups is 1. The Labute approximate surface area is 105 Å². The minimum absolute atomic E-state index is 0.00188. The largest absolute Gasteiger partial charge is 0.467 e. The summed E-state index contributed by atoms with van der Waals surface area (Å²) >= 11 is 6.16. The molecule has 0 unspecified atom stereocenters. The highest BCUT2D eigenvalue weighted by atomic mass is 35.5. The zero-order valence-electron chi connectivity index (χ0n) is 9.56. The third-order valence-corrected chi connectivity index (χ3v) is 2.88. The minimum atomic E-state index is 0.00188. The van der Waals surface area contributed by atoms with Gasteiger partial charge in [-0.1, -0.05) is 17.7 Å². The Morgan fingerprint density at radius 1 is 1.35 bits per heavy atom. The molecule has 90 valence electrons. The second-order valence-corrected chi connectivity index (χ2v) is 4.29. The molecule has 1 aromatic carbocycles. The van der Waals surface area contributed by atoms with Gasteiger partial charge in [0.15, 0.2) is 0 Å². The molecule has 0 atom stereocenters. The molecule has 2 rings (SSSR count). The van der Waals surface area contributed by atoms with E-state index in [-0.39, 0.29) is 6.61 Å². The van der Waals surface area contributed by atoms with Gasteiger partial charge in [0.1, 0.15) is 5.76 Å². The van der Waals surface area contributed by atoms with E-state index in [0.717, 1.165) is 17.0 Å². The van der Waals surface area contributed by atoms with E-state index in [0.29, 0.717) is 11.6 Å². The molecule has 0 amide bonds. The number of halogens is 1. The van der Waals surface area contributed by atoms with Crippen molar-refractivity contribution in [2.45, 2.75) is 13.2 Å². The van der Waals surface area contributed by atoms with Gasteiger partial charge in [-0.3, -0.25) is 0 Å². The zero-order valence-corrected chi connectivity index (χ0v) is 10.3. The quantitative estimate of drug-likeness (QED) is 0.907. The second kappa shape index (κ2) is 5.25. The zero-order chi connectivity index (χ0) is 12.3. The summed E-state index contributed by atoms with van der Waals surface area (Å²) in [5.41, 5.74) is 1.73. The van der Waals surface area contributed by atoms with Crippen molar-refractivity contribution >= 4 is 17.3 Å². The van der Waals surface area contributed by atoms with Crippen LogP contribution in [0.15, 0.2) is 41.0 Å². The molecule has 1 N–H and O–H groups in total. The lowest BCUT2D eigenvalue weighted by Gasteiger charge is -2.19. The lowest BCUT2D eigenvalue weighted by molar-refractivity contribution is 0.282. The van der Waals surface area contributed by atoms with Gasteiger partial charge in [-0.15, -0.1) is 0 Å². The Morgan fingerprint density at radius 3 is 2.76 bits per heavy atom. The molecule has 3 nitrogen and oxygen atoms in total. The molecule has 1 heterocycles. The number of nitrogens with zero attached hydrogens (tertiary/aromatic N) is 1. The van der Waals surface area contributed by atoms with Crippen molar-refractivity contribution < 1.29 is 9.52 Å². The van der Waals surface area contributed by atoms with E-state index in [9.17, 15) is 0 Å². The molecule has 4 heteroatoms. The summed E-state index contributed by atoms with van der Waals surface area (Å²) in [7, 11) is 1.95. The molecule has 0 radical (unpaired) electrons. The molecule has 1 aromatic heterocycles. The standard InChI is InChI=1S/C13H14ClNO2/c1-15(8-11-3-2-6-17-11)13-5-4-10(9-16)7-12(13)14/h2-7,16H,8-9H2,1H3. The van der Waals surface area contributed by atoms with Crippen LogP contribution in [-0.2, 0) is 13.2 Å². The molecule has 2 aromatic rings. The van der Waals surface area contributed by atoms with E-state index in [1.54, 1.807) is 12.3 Å². The molecular weight excluding hydrogens is 238 g/mol. The van der Waals surface area contributed by atoms with Crippen LogP contribution in [0.5, 0.6) is 0 Å². The number of hydrogen-bond donors (Lipinski definition) is 1. The topological polar surface area (TPSA) is 36.6 Å². The van der Waals surface area contributed by atoms with E-state index in [1.165, 1.54) is 0 Å². The fourth-order valence-corrected chi connectivity index (χ4v) is 2.03. The minimum Gasteiger partial charge on any atom is -0.467 e. The summed E-state index contributed by atoms with van der Waals surface area (Å²) < 4.78 is 5.29. The molecule has 0 spiro atoms. The average Bonchev–Trinajstić information content (AvgIpc) is 2.81. The van der Waals surface area contributed by atoms with Gasteiger partial charge >= 0.3 is 0 Å². The highest BCUT2D eigenvalue weighted by molar-refractivity contribution is 6.33. The van der Waals surface area contributed by atoms with E-state index >= 15 is 0 Å². The lowest BCUT2D eigenvalue weighted by atomic mass is 10.2. The van der Waals surface area contributed by atoms with Gasteiger partial charge < -0.3 is 14.4 Å². The molecule has 0 aliphatic rings. The first kappa shape index (κ1) is 12.0. The van der Waals surface area contributed by atoms with E-state index in [2.05, 4.69) is 0 Å². The number of anilines is 1. The van der Waals surface area contributed by atoms with E-state index in [4.69, 9.17) is 21.1 Å². The maximum atomic E-state index is 9.01. The molecule has 0 aliphatic carbocycles. The monoisotopic (exact) mass is 251 g/mol. The predicted octanol–water partition coefficient (Wildman–Crippen LogP) is 3.06. The number of rotatable bonds is 4. The predicted molar refractivity (Wildman–Crippen MR) is 68.2 cm³/mol. The SMILES string of the molecule is CN(Cc1ccco1)c1ccc(CO)cc1Cl. The highest BCUT2D eigenvalue weighted by Gasteiger charge is 2.08. The van der Waals surface area contributed by atoms with Crippen LogP contribution in [-0.4, -0.2) is 12.2 Å². The van der Waals surface area contributed by atoms with E-state index < -0.39 is 0 Å². The Morgan fingerprint density at radius 2 is 2.18 bits per heavy atom. The van der Waals surface area contributed by atoms with Crippen LogP contribution in [0.2, 0.25) is 5.02 Å². The number of hydrogen-bond acceptors (Lipinski definition) is 3. The smallest absolute Gasteiger partial charge is 0.123 e. The van der Waals surface area contributed by atoms with Crippen LogP contribution in [0.3, 0.4) is 0 Å². The van der Waals surface area contributed by atoms with Crippen molar-refractivity contribution in [3.8, 4) is 0 Å². The van der Waals surface area contributed by atoms with Crippen LogP contribution in [0.25, 0.3) is 0 Å². The Kier molecular flexibility index (Phi) is 3.71. The Bertz CT molecular complexity index is 482. The maximum absolute atomic E-state index is 9.01. The van der Waals surface area contributed by atoms with Gasteiger partial charge in [0.05, 0.1) is 30.1 Å². The summed E-state index contributed by atoms with van der Waals surface area (Å²) in [6.45, 7) is 0.660. The fourth-order valence-electron chi connectivity index (χ4n) is 1.68. The first-order valence-electron chi connectivity index (χ1n) is 5.33. The number of aliphatic hydroxyl groups excluding tert-OH is 1. The average molecular weight is 252 g/mol. The number of benzene rings is 1. The highest BCUT2D eigenvalue weighted by Crippen LogP contribution is 2.27. The first-order valence-corrected chi connectivity index (χ1v) is 5.71. The third-order valence-electron chi connectivity index (χ3n) is 2.58. The van der Waals surface area contributed by atoms with Crippen LogP contribution in [0.1, 0.15) is 11.3 Å². The molecule has 0 saturated carbocycles. The summed E-state index contributed by atoms with van der Waals surface area (Å²) in [6.07, 6.45) is 1.65. The Balaban J connectivity index is 2.16. The molecule has 0 bridgehead atoms. The normalized spacial score (nSPS) is 10.5. The van der Waals surface area contributed by atoms with Crippen molar-refractivity contribution in [3.63, 3.8) is 0 Å². The van der Waals surface area contributed by atoms with Crippen molar-refractivity contribution in [2.75, 3.05) is 11.9 Å². The van der Waals surface area contributed by atoms with Gasteiger partial charge in [-0.25, -0.2) is 0 Å². The van der Waals surface area contributed by atoms with Crippen LogP contribution < -0.4 is 4.90 Å². The molecule has 17 heavy (non-hydrogen) atoms. The third kappa shape index (κ3) is 2.81. The maximum Gasteiger partial charge on any atom is 0.123 e. The van der Waals surface area contributed by atoms with Crippen molar-refractivity contribution in [2.24, 2.45) is 0 Å². The van der Waals surface area contributed by atoms with Gasteiger partial charge in [0.25, 0.3) is 0 Å². The number of furan rings is 1. The molecule has 0 aliphatic heterocycles. The van der Waals surface area contributed by atoms with Gasteiger partial charge in [0, 0.05) is 7.05 Å². The van der Waals surface area contributed by atoms with Crippen molar-refractivity contribution in [1.29, 1.82) is 0 Å². The summed E-state index contributed by atoms with van der Waals surface area (Å²) in [5.74, 6) is 0.884. The van der Waals surface area contributed by atoms with Crippen LogP contribution in [0.4, 0.5) is 5.69 Å². The Hall–Kier alpha value is -1.45.